The van der Waals surface area contributed by atoms with Crippen LogP contribution in [0.15, 0.2) is 30.3 Å². The molecule has 1 atom stereocenters. The number of aromatic nitrogens is 1. The van der Waals surface area contributed by atoms with Gasteiger partial charge in [-0.3, -0.25) is 19.5 Å². The third kappa shape index (κ3) is 4.02. The normalized spacial score (nSPS) is 20.4. The average Bonchev–Trinajstić information content (AvgIpc) is 3.52. The summed E-state index contributed by atoms with van der Waals surface area (Å²) in [5.74, 6) is -0.244. The Hall–Kier alpha value is -2.47. The predicted octanol–water partition coefficient (Wildman–Crippen LogP) is 3.12. The number of hydrogen-bond acceptors (Lipinski definition) is 4. The summed E-state index contributed by atoms with van der Waals surface area (Å²) >= 11 is 0. The molecule has 6 heteroatoms. The molecule has 1 saturated carbocycles. The molecule has 0 radical (unpaired) electrons. The molecule has 2 heterocycles. The summed E-state index contributed by atoms with van der Waals surface area (Å²) in [6.45, 7) is 1.41. The van der Waals surface area contributed by atoms with E-state index in [9.17, 15) is 9.59 Å². The summed E-state index contributed by atoms with van der Waals surface area (Å²) < 4.78 is 0. The molecule has 1 aromatic heterocycles. The number of rotatable bonds is 5. The number of benzene rings is 1. The number of fused-ring (bicyclic) bond motifs is 1. The summed E-state index contributed by atoms with van der Waals surface area (Å²) in [6.07, 6.45) is 4.91. The minimum atomic E-state index is -0.810. The van der Waals surface area contributed by atoms with Crippen LogP contribution >= 0.6 is 0 Å². The van der Waals surface area contributed by atoms with Crippen molar-refractivity contribution in [2.75, 3.05) is 26.7 Å². The third-order valence-corrected chi connectivity index (χ3v) is 5.95. The molecule has 4 rings (SSSR count). The van der Waals surface area contributed by atoms with Crippen LogP contribution in [0.3, 0.4) is 0 Å². The largest absolute Gasteiger partial charge is 0.480 e. The van der Waals surface area contributed by atoms with Gasteiger partial charge in [0.2, 0.25) is 0 Å². The number of carboxylic acid groups (broad SMARTS) is 1. The van der Waals surface area contributed by atoms with E-state index in [1.54, 1.807) is 0 Å². The van der Waals surface area contributed by atoms with E-state index in [-0.39, 0.29) is 18.5 Å². The highest BCUT2D eigenvalue weighted by molar-refractivity contribution is 6.06. The molecule has 1 saturated heterocycles. The number of pyridine rings is 1. The van der Waals surface area contributed by atoms with Gasteiger partial charge in [0, 0.05) is 36.1 Å². The number of likely N-dealkylation sites (tertiary alicyclic amines) is 1. The number of hydrogen-bond donors (Lipinski definition) is 1. The van der Waals surface area contributed by atoms with Gasteiger partial charge in [-0.25, -0.2) is 0 Å². The van der Waals surface area contributed by atoms with Crippen LogP contribution in [0.2, 0.25) is 0 Å². The van der Waals surface area contributed by atoms with Crippen molar-refractivity contribution in [2.45, 2.75) is 44.1 Å². The van der Waals surface area contributed by atoms with E-state index in [2.05, 4.69) is 0 Å². The zero-order valence-corrected chi connectivity index (χ0v) is 16.3. The second-order valence-electron chi connectivity index (χ2n) is 8.07. The summed E-state index contributed by atoms with van der Waals surface area (Å²) in [5, 5.41) is 9.96. The molecule has 1 unspecified atom stereocenters. The van der Waals surface area contributed by atoms with Gasteiger partial charge in [-0.2, -0.15) is 0 Å². The van der Waals surface area contributed by atoms with Gasteiger partial charge in [0.15, 0.2) is 0 Å². The van der Waals surface area contributed by atoms with Crippen molar-refractivity contribution >= 4 is 22.8 Å². The number of carbonyl (C=O) groups is 2. The molecular formula is C22H27N3O3. The van der Waals surface area contributed by atoms with Crippen LogP contribution in [0.25, 0.3) is 10.9 Å². The van der Waals surface area contributed by atoms with Gasteiger partial charge >= 0.3 is 5.97 Å². The van der Waals surface area contributed by atoms with Crippen LogP contribution in [0.5, 0.6) is 0 Å². The molecule has 1 amide bonds. The molecule has 2 aromatic rings. The monoisotopic (exact) mass is 381 g/mol. The van der Waals surface area contributed by atoms with E-state index in [0.29, 0.717) is 19.0 Å². The number of amides is 1. The van der Waals surface area contributed by atoms with Crippen molar-refractivity contribution in [3.8, 4) is 0 Å². The van der Waals surface area contributed by atoms with E-state index >= 15 is 0 Å². The van der Waals surface area contributed by atoms with Crippen LogP contribution in [-0.4, -0.2) is 64.5 Å². The molecule has 2 aliphatic rings. The van der Waals surface area contributed by atoms with Gasteiger partial charge in [-0.05, 0) is 51.3 Å². The minimum Gasteiger partial charge on any atom is -0.480 e. The average molecular weight is 381 g/mol. The van der Waals surface area contributed by atoms with E-state index in [1.807, 2.05) is 47.2 Å². The Morgan fingerprint density at radius 1 is 1.18 bits per heavy atom. The van der Waals surface area contributed by atoms with E-state index < -0.39 is 5.97 Å². The number of para-hydroxylation sites is 1. The van der Waals surface area contributed by atoms with Gasteiger partial charge < -0.3 is 10.0 Å². The second kappa shape index (κ2) is 7.87. The Labute approximate surface area is 165 Å². The van der Waals surface area contributed by atoms with Gasteiger partial charge in [0.1, 0.15) is 0 Å². The maximum Gasteiger partial charge on any atom is 0.317 e. The lowest BCUT2D eigenvalue weighted by Gasteiger charge is -2.26. The summed E-state index contributed by atoms with van der Waals surface area (Å²) in [6, 6.07) is 10.1. The topological polar surface area (TPSA) is 73.7 Å². The Morgan fingerprint density at radius 2 is 1.96 bits per heavy atom. The lowest BCUT2D eigenvalue weighted by Crippen LogP contribution is -2.37. The Morgan fingerprint density at radius 3 is 2.71 bits per heavy atom. The number of nitrogens with zero attached hydrogens (tertiary/aromatic N) is 3. The fourth-order valence-electron chi connectivity index (χ4n) is 4.20. The van der Waals surface area contributed by atoms with Crippen LogP contribution in [0.1, 0.15) is 54.1 Å². The van der Waals surface area contributed by atoms with Crippen molar-refractivity contribution in [3.05, 3.63) is 41.6 Å². The maximum absolute atomic E-state index is 13.4. The van der Waals surface area contributed by atoms with Crippen molar-refractivity contribution in [2.24, 2.45) is 0 Å². The first-order valence-electron chi connectivity index (χ1n) is 10.1. The predicted molar refractivity (Wildman–Crippen MR) is 108 cm³/mol. The zero-order valence-electron chi connectivity index (χ0n) is 16.3. The molecular weight excluding hydrogens is 354 g/mol. The van der Waals surface area contributed by atoms with Gasteiger partial charge in [0.05, 0.1) is 17.6 Å². The molecule has 28 heavy (non-hydrogen) atoms. The van der Waals surface area contributed by atoms with Crippen molar-refractivity contribution in [1.29, 1.82) is 0 Å². The second-order valence-corrected chi connectivity index (χ2v) is 8.07. The number of likely N-dealkylation sites (N-methyl/N-ethyl adjacent to an activating group) is 1. The Bertz CT molecular complexity index is 894. The molecule has 0 bridgehead atoms. The van der Waals surface area contributed by atoms with Crippen LogP contribution in [-0.2, 0) is 4.79 Å². The molecule has 6 nitrogen and oxygen atoms in total. The number of carboxylic acids is 1. The molecule has 1 aliphatic heterocycles. The number of aliphatic carboxylic acids is 1. The van der Waals surface area contributed by atoms with E-state index in [1.165, 1.54) is 0 Å². The summed E-state index contributed by atoms with van der Waals surface area (Å²) in [7, 11) is 1.86. The number of carbonyl (C=O) groups excluding carboxylic acids is 1. The first-order valence-corrected chi connectivity index (χ1v) is 10.1. The lowest BCUT2D eigenvalue weighted by molar-refractivity contribution is -0.138. The SMILES string of the molecule is CN(CC(=O)O)C1CCCN(C(=O)c2cc(C3CC3)nc3ccccc23)CC1. The fourth-order valence-corrected chi connectivity index (χ4v) is 4.20. The van der Waals surface area contributed by atoms with Crippen LogP contribution in [0, 0.1) is 0 Å². The smallest absolute Gasteiger partial charge is 0.317 e. The Kier molecular flexibility index (Phi) is 5.31. The molecule has 1 aliphatic carbocycles. The minimum absolute atomic E-state index is 0.0400. The van der Waals surface area contributed by atoms with Crippen LogP contribution < -0.4 is 0 Å². The fraction of sp³-hybridized carbons (Fsp3) is 0.500. The van der Waals surface area contributed by atoms with Crippen molar-refractivity contribution in [1.82, 2.24) is 14.8 Å². The first-order chi connectivity index (χ1) is 13.5. The van der Waals surface area contributed by atoms with Gasteiger partial charge in [-0.15, -0.1) is 0 Å². The maximum atomic E-state index is 13.4. The van der Waals surface area contributed by atoms with Gasteiger partial charge in [0.25, 0.3) is 5.91 Å². The van der Waals surface area contributed by atoms with Gasteiger partial charge in [-0.1, -0.05) is 18.2 Å². The third-order valence-electron chi connectivity index (χ3n) is 5.95. The molecule has 2 fully saturated rings. The highest BCUT2D eigenvalue weighted by atomic mass is 16.4. The summed E-state index contributed by atoms with van der Waals surface area (Å²) in [4.78, 5) is 33.0. The summed E-state index contributed by atoms with van der Waals surface area (Å²) in [5.41, 5.74) is 2.69. The highest BCUT2D eigenvalue weighted by Crippen LogP contribution is 2.40. The highest BCUT2D eigenvalue weighted by Gasteiger charge is 2.29. The van der Waals surface area contributed by atoms with Crippen LogP contribution in [0.4, 0.5) is 0 Å². The standard InChI is InChI=1S/C22H27N3O3/c1-24(14-21(26)27)16-5-4-11-25(12-10-16)22(28)18-13-20(15-8-9-15)23-19-7-3-2-6-17(18)19/h2-3,6-7,13,15-16H,4-5,8-12,14H2,1H3,(H,26,27). The first kappa shape index (κ1) is 18.9. The van der Waals surface area contributed by atoms with Crippen molar-refractivity contribution in [3.63, 3.8) is 0 Å². The molecule has 1 aromatic carbocycles. The molecule has 1 N–H and O–H groups in total. The lowest BCUT2D eigenvalue weighted by atomic mass is 10.0. The van der Waals surface area contributed by atoms with E-state index in [0.717, 1.165) is 54.3 Å². The Balaban J connectivity index is 1.55. The zero-order chi connectivity index (χ0) is 19.7. The quantitative estimate of drug-likeness (QED) is 0.861. The van der Waals surface area contributed by atoms with E-state index in [4.69, 9.17) is 10.1 Å². The molecule has 0 spiro atoms. The van der Waals surface area contributed by atoms with Crippen molar-refractivity contribution < 1.29 is 14.7 Å². The molecule has 148 valence electrons.